The Bertz CT molecular complexity index is 144. The van der Waals surface area contributed by atoms with Gasteiger partial charge in [-0.15, -0.1) is 0 Å². The standard InChI is InChI=1S/C4H6O3.C3H6O/c1-3(5)2-4(6)7;1-3(2)4/h2H2,1H3,(H,6,7);1-2H3. The van der Waals surface area contributed by atoms with Crippen LogP contribution in [0.15, 0.2) is 0 Å². The van der Waals surface area contributed by atoms with Gasteiger partial charge in [0.05, 0.1) is 0 Å². The smallest absolute Gasteiger partial charge is 0.310 e. The highest BCUT2D eigenvalue weighted by Crippen LogP contribution is 1.77. The van der Waals surface area contributed by atoms with Gasteiger partial charge in [0.1, 0.15) is 18.0 Å². The lowest BCUT2D eigenvalue weighted by atomic mass is 10.3. The average molecular weight is 160 g/mol. The molecule has 0 aliphatic rings. The molecular weight excluding hydrogens is 148 g/mol. The quantitative estimate of drug-likeness (QED) is 0.602. The van der Waals surface area contributed by atoms with E-state index in [4.69, 9.17) is 5.11 Å². The van der Waals surface area contributed by atoms with Gasteiger partial charge in [0, 0.05) is 0 Å². The van der Waals surface area contributed by atoms with Crippen molar-refractivity contribution in [3.8, 4) is 0 Å². The summed E-state index contributed by atoms with van der Waals surface area (Å²) in [5.41, 5.74) is 0. The maximum absolute atomic E-state index is 9.87. The van der Waals surface area contributed by atoms with Crippen LogP contribution in [0.25, 0.3) is 0 Å². The SMILES string of the molecule is CC(=O)CC(=O)O.CC(C)=O. The number of carbonyl (C=O) groups is 3. The molecule has 0 amide bonds. The molecule has 64 valence electrons. The van der Waals surface area contributed by atoms with E-state index in [-0.39, 0.29) is 18.0 Å². The summed E-state index contributed by atoms with van der Waals surface area (Å²) in [6, 6.07) is 0. The molecule has 0 saturated carbocycles. The second-order valence-electron chi connectivity index (χ2n) is 2.18. The molecule has 4 heteroatoms. The number of hydrogen-bond donors (Lipinski definition) is 1. The van der Waals surface area contributed by atoms with Gasteiger partial charge in [-0.25, -0.2) is 0 Å². The molecule has 0 atom stereocenters. The Hall–Kier alpha value is -1.19. The van der Waals surface area contributed by atoms with Gasteiger partial charge in [-0.1, -0.05) is 0 Å². The third-order valence-electron chi connectivity index (χ3n) is 0.400. The summed E-state index contributed by atoms with van der Waals surface area (Å²) in [6.07, 6.45) is -0.361. The lowest BCUT2D eigenvalue weighted by molar-refractivity contribution is -0.139. The second-order valence-corrected chi connectivity index (χ2v) is 2.18. The molecule has 0 rings (SSSR count). The van der Waals surface area contributed by atoms with Crippen LogP contribution in [0.4, 0.5) is 0 Å². The molecule has 0 aliphatic heterocycles. The summed E-state index contributed by atoms with van der Waals surface area (Å²) in [5, 5.41) is 7.86. The molecular formula is C7H12O4. The van der Waals surface area contributed by atoms with Gasteiger partial charge in [-0.05, 0) is 20.8 Å². The number of aliphatic carboxylic acids is 1. The maximum atomic E-state index is 9.87. The number of rotatable bonds is 2. The minimum absolute atomic E-state index is 0.167. The second kappa shape index (κ2) is 6.92. The lowest BCUT2D eigenvalue weighted by Gasteiger charge is -1.80. The molecule has 0 unspecified atom stereocenters. The number of ketones is 2. The van der Waals surface area contributed by atoms with Crippen molar-refractivity contribution in [3.05, 3.63) is 0 Å². The zero-order valence-corrected chi connectivity index (χ0v) is 6.88. The fourth-order valence-electron chi connectivity index (χ4n) is 0.213. The van der Waals surface area contributed by atoms with Crippen LogP contribution in [-0.4, -0.2) is 22.6 Å². The zero-order chi connectivity index (χ0) is 9.44. The molecule has 0 aliphatic carbocycles. The van der Waals surface area contributed by atoms with Crippen molar-refractivity contribution in [3.63, 3.8) is 0 Å². The van der Waals surface area contributed by atoms with Crippen molar-refractivity contribution in [2.24, 2.45) is 0 Å². The van der Waals surface area contributed by atoms with Gasteiger partial charge in [0.25, 0.3) is 0 Å². The van der Waals surface area contributed by atoms with Crippen LogP contribution in [0, 0.1) is 0 Å². The van der Waals surface area contributed by atoms with Gasteiger partial charge in [-0.2, -0.15) is 0 Å². The topological polar surface area (TPSA) is 71.4 Å². The van der Waals surface area contributed by atoms with Gasteiger partial charge in [-0.3, -0.25) is 9.59 Å². The van der Waals surface area contributed by atoms with Crippen molar-refractivity contribution < 1.29 is 19.5 Å². The molecule has 0 heterocycles. The third-order valence-corrected chi connectivity index (χ3v) is 0.400. The third kappa shape index (κ3) is 51.7. The van der Waals surface area contributed by atoms with Crippen LogP contribution in [0.3, 0.4) is 0 Å². The predicted molar refractivity (Wildman–Crippen MR) is 39.3 cm³/mol. The molecule has 0 radical (unpaired) electrons. The normalized spacial score (nSPS) is 7.55. The summed E-state index contributed by atoms with van der Waals surface area (Å²) < 4.78 is 0. The monoisotopic (exact) mass is 160 g/mol. The van der Waals surface area contributed by atoms with Crippen LogP contribution in [0.1, 0.15) is 27.2 Å². The van der Waals surface area contributed by atoms with E-state index in [1.165, 1.54) is 20.8 Å². The number of carboxylic acids is 1. The highest BCUT2D eigenvalue weighted by atomic mass is 16.4. The Labute approximate surface area is 65.2 Å². The van der Waals surface area contributed by atoms with Crippen molar-refractivity contribution in [1.82, 2.24) is 0 Å². The fraction of sp³-hybridized carbons (Fsp3) is 0.571. The first-order chi connectivity index (χ1) is 4.86. The first-order valence-corrected chi connectivity index (χ1v) is 3.04. The van der Waals surface area contributed by atoms with Crippen molar-refractivity contribution in [2.45, 2.75) is 27.2 Å². The first-order valence-electron chi connectivity index (χ1n) is 3.04. The Balaban J connectivity index is 0. The van der Waals surface area contributed by atoms with E-state index >= 15 is 0 Å². The predicted octanol–water partition coefficient (Wildman–Crippen LogP) is 0.645. The number of Topliss-reactive ketones (excluding diaryl/α,β-unsaturated/α-hetero) is 2. The van der Waals surface area contributed by atoms with E-state index in [1.807, 2.05) is 0 Å². The molecule has 0 saturated heterocycles. The van der Waals surface area contributed by atoms with Crippen molar-refractivity contribution >= 4 is 17.5 Å². The number of hydrogen-bond acceptors (Lipinski definition) is 3. The van der Waals surface area contributed by atoms with Gasteiger partial charge in [0.15, 0.2) is 0 Å². The van der Waals surface area contributed by atoms with E-state index in [0.29, 0.717) is 0 Å². The van der Waals surface area contributed by atoms with Crippen molar-refractivity contribution in [2.75, 3.05) is 0 Å². The minimum Gasteiger partial charge on any atom is -0.481 e. The molecule has 0 aromatic heterocycles. The van der Waals surface area contributed by atoms with Gasteiger partial charge in [0.2, 0.25) is 0 Å². The van der Waals surface area contributed by atoms with E-state index in [0.717, 1.165) is 0 Å². The van der Waals surface area contributed by atoms with E-state index in [9.17, 15) is 14.4 Å². The maximum Gasteiger partial charge on any atom is 0.310 e. The number of carbonyl (C=O) groups excluding carboxylic acids is 2. The highest BCUT2D eigenvalue weighted by molar-refractivity contribution is 5.93. The summed E-state index contributed by atoms with van der Waals surface area (Å²) in [6.45, 7) is 4.30. The average Bonchev–Trinajstić information content (AvgIpc) is 1.56. The molecule has 0 spiro atoms. The molecule has 11 heavy (non-hydrogen) atoms. The summed E-state index contributed by atoms with van der Waals surface area (Å²) >= 11 is 0. The molecule has 0 bridgehead atoms. The van der Waals surface area contributed by atoms with E-state index in [2.05, 4.69) is 0 Å². The molecule has 0 fully saturated rings. The van der Waals surface area contributed by atoms with Crippen LogP contribution >= 0.6 is 0 Å². The Morgan fingerprint density at radius 2 is 1.36 bits per heavy atom. The fourth-order valence-corrected chi connectivity index (χ4v) is 0.213. The molecule has 0 aromatic carbocycles. The summed E-state index contributed by atoms with van der Waals surface area (Å²) in [5.74, 6) is -1.21. The Morgan fingerprint density at radius 1 is 1.09 bits per heavy atom. The Morgan fingerprint density at radius 3 is 1.36 bits per heavy atom. The van der Waals surface area contributed by atoms with Crippen LogP contribution in [0.5, 0.6) is 0 Å². The molecule has 1 N–H and O–H groups in total. The van der Waals surface area contributed by atoms with Crippen LogP contribution in [0.2, 0.25) is 0 Å². The van der Waals surface area contributed by atoms with Gasteiger partial charge >= 0.3 is 5.97 Å². The summed E-state index contributed by atoms with van der Waals surface area (Å²) in [7, 11) is 0. The highest BCUT2D eigenvalue weighted by Gasteiger charge is 1.98. The first kappa shape index (κ1) is 12.5. The largest absolute Gasteiger partial charge is 0.481 e. The van der Waals surface area contributed by atoms with Gasteiger partial charge < -0.3 is 9.90 Å². The summed E-state index contributed by atoms with van der Waals surface area (Å²) in [4.78, 5) is 28.9. The lowest BCUT2D eigenvalue weighted by Crippen LogP contribution is -2.00. The Kier molecular flexibility index (Phi) is 7.86. The molecule has 0 aromatic rings. The van der Waals surface area contributed by atoms with E-state index < -0.39 is 5.97 Å². The van der Waals surface area contributed by atoms with E-state index in [1.54, 1.807) is 0 Å². The molecule has 4 nitrogen and oxygen atoms in total. The van der Waals surface area contributed by atoms with Crippen LogP contribution < -0.4 is 0 Å². The minimum atomic E-state index is -1.06. The zero-order valence-electron chi connectivity index (χ0n) is 6.88. The van der Waals surface area contributed by atoms with Crippen molar-refractivity contribution in [1.29, 1.82) is 0 Å². The van der Waals surface area contributed by atoms with Crippen LogP contribution in [-0.2, 0) is 14.4 Å². The number of carboxylic acid groups (broad SMARTS) is 1.